The zero-order chi connectivity index (χ0) is 20.3. The van der Waals surface area contributed by atoms with Crippen molar-refractivity contribution in [1.82, 2.24) is 4.90 Å². The summed E-state index contributed by atoms with van der Waals surface area (Å²) in [5, 5.41) is 12.5. The third-order valence-corrected chi connectivity index (χ3v) is 4.92. The van der Waals surface area contributed by atoms with Crippen LogP contribution < -0.4 is 10.2 Å². The number of hydrogen-bond acceptors (Lipinski definition) is 4. The molecule has 3 rings (SSSR count). The lowest BCUT2D eigenvalue weighted by Crippen LogP contribution is -2.52. The van der Waals surface area contributed by atoms with Gasteiger partial charge in [-0.15, -0.1) is 0 Å². The van der Waals surface area contributed by atoms with Crippen LogP contribution in [0.25, 0.3) is 0 Å². The SMILES string of the molecule is CC(C(=O)Nc1cccc(C(F)(F)F)c1)N1CCN(c2ccccc2O)CC1. The van der Waals surface area contributed by atoms with E-state index in [0.717, 1.165) is 17.8 Å². The molecule has 2 N–H and O–H groups in total. The van der Waals surface area contributed by atoms with Crippen molar-refractivity contribution in [3.05, 3.63) is 54.1 Å². The van der Waals surface area contributed by atoms with Crippen molar-refractivity contribution in [2.75, 3.05) is 36.4 Å². The first-order valence-corrected chi connectivity index (χ1v) is 9.01. The van der Waals surface area contributed by atoms with E-state index in [1.807, 2.05) is 21.9 Å². The number of nitrogens with one attached hydrogen (secondary N) is 1. The normalized spacial score (nSPS) is 16.6. The molecule has 2 aromatic carbocycles. The van der Waals surface area contributed by atoms with Crippen LogP contribution in [0.1, 0.15) is 12.5 Å². The van der Waals surface area contributed by atoms with Gasteiger partial charge in [-0.05, 0) is 37.3 Å². The number of rotatable bonds is 4. The van der Waals surface area contributed by atoms with Gasteiger partial charge in [0.1, 0.15) is 5.75 Å². The van der Waals surface area contributed by atoms with Crippen molar-refractivity contribution in [2.24, 2.45) is 0 Å². The highest BCUT2D eigenvalue weighted by atomic mass is 19.4. The topological polar surface area (TPSA) is 55.8 Å². The summed E-state index contributed by atoms with van der Waals surface area (Å²) >= 11 is 0. The Hall–Kier alpha value is -2.74. The van der Waals surface area contributed by atoms with Gasteiger partial charge in [0, 0.05) is 31.9 Å². The Morgan fingerprint density at radius 2 is 1.75 bits per heavy atom. The Bertz CT molecular complexity index is 833. The van der Waals surface area contributed by atoms with Gasteiger partial charge in [-0.3, -0.25) is 9.69 Å². The fraction of sp³-hybridized carbons (Fsp3) is 0.350. The molecule has 1 heterocycles. The quantitative estimate of drug-likeness (QED) is 0.834. The van der Waals surface area contributed by atoms with Gasteiger partial charge in [-0.2, -0.15) is 13.2 Å². The molecule has 0 aromatic heterocycles. The Kier molecular flexibility index (Phi) is 5.79. The van der Waals surface area contributed by atoms with Crippen LogP contribution in [0.4, 0.5) is 24.5 Å². The van der Waals surface area contributed by atoms with Gasteiger partial charge in [-0.1, -0.05) is 18.2 Å². The molecule has 1 saturated heterocycles. The van der Waals surface area contributed by atoms with E-state index >= 15 is 0 Å². The number of carbonyl (C=O) groups excluding carboxylic acids is 1. The molecule has 5 nitrogen and oxygen atoms in total. The van der Waals surface area contributed by atoms with Gasteiger partial charge in [0.15, 0.2) is 0 Å². The number of carbonyl (C=O) groups is 1. The first kappa shape index (κ1) is 20.0. The molecule has 1 amide bonds. The average Bonchev–Trinajstić information content (AvgIpc) is 2.67. The minimum Gasteiger partial charge on any atom is -0.506 e. The Balaban J connectivity index is 1.59. The summed E-state index contributed by atoms with van der Waals surface area (Å²) in [6.07, 6.45) is -4.45. The van der Waals surface area contributed by atoms with Crippen LogP contribution in [-0.4, -0.2) is 48.1 Å². The maximum atomic E-state index is 12.8. The molecule has 1 fully saturated rings. The fourth-order valence-electron chi connectivity index (χ4n) is 3.27. The maximum absolute atomic E-state index is 12.8. The number of nitrogens with zero attached hydrogens (tertiary/aromatic N) is 2. The van der Waals surface area contributed by atoms with Crippen molar-refractivity contribution >= 4 is 17.3 Å². The zero-order valence-electron chi connectivity index (χ0n) is 15.4. The predicted molar refractivity (Wildman–Crippen MR) is 101 cm³/mol. The summed E-state index contributed by atoms with van der Waals surface area (Å²) in [5.74, 6) is -0.137. The second-order valence-electron chi connectivity index (χ2n) is 6.76. The second kappa shape index (κ2) is 8.10. The number of phenols is 1. The molecule has 8 heteroatoms. The van der Waals surface area contributed by atoms with E-state index < -0.39 is 17.8 Å². The van der Waals surface area contributed by atoms with Gasteiger partial charge in [-0.25, -0.2) is 0 Å². The van der Waals surface area contributed by atoms with Crippen LogP contribution in [0, 0.1) is 0 Å². The number of para-hydroxylation sites is 2. The molecular weight excluding hydrogens is 371 g/mol. The van der Waals surface area contributed by atoms with E-state index in [1.54, 1.807) is 19.1 Å². The lowest BCUT2D eigenvalue weighted by atomic mass is 10.1. The highest BCUT2D eigenvalue weighted by molar-refractivity contribution is 5.94. The van der Waals surface area contributed by atoms with Crippen LogP contribution in [0.5, 0.6) is 5.75 Å². The van der Waals surface area contributed by atoms with Crippen LogP contribution in [0.15, 0.2) is 48.5 Å². The molecular formula is C20H22F3N3O2. The molecule has 1 aliphatic rings. The van der Waals surface area contributed by atoms with Crippen molar-refractivity contribution < 1.29 is 23.1 Å². The number of alkyl halides is 3. The number of aromatic hydroxyl groups is 1. The van der Waals surface area contributed by atoms with Gasteiger partial charge < -0.3 is 15.3 Å². The van der Waals surface area contributed by atoms with Gasteiger partial charge >= 0.3 is 6.18 Å². The van der Waals surface area contributed by atoms with Gasteiger partial charge in [0.2, 0.25) is 5.91 Å². The number of piperazine rings is 1. The minimum atomic E-state index is -4.45. The van der Waals surface area contributed by atoms with E-state index in [1.165, 1.54) is 12.1 Å². The number of benzene rings is 2. The molecule has 0 aliphatic carbocycles. The van der Waals surface area contributed by atoms with Crippen molar-refractivity contribution in [3.63, 3.8) is 0 Å². The van der Waals surface area contributed by atoms with Gasteiger partial charge in [0.25, 0.3) is 0 Å². The van der Waals surface area contributed by atoms with E-state index in [9.17, 15) is 23.1 Å². The number of hydrogen-bond donors (Lipinski definition) is 2. The molecule has 0 spiro atoms. The molecule has 1 atom stereocenters. The van der Waals surface area contributed by atoms with Crippen LogP contribution in [0.3, 0.4) is 0 Å². The summed E-state index contributed by atoms with van der Waals surface area (Å²) in [6.45, 7) is 4.22. The molecule has 2 aromatic rings. The van der Waals surface area contributed by atoms with Gasteiger partial charge in [0.05, 0.1) is 17.3 Å². The number of halogens is 3. The molecule has 1 aliphatic heterocycles. The zero-order valence-corrected chi connectivity index (χ0v) is 15.4. The van der Waals surface area contributed by atoms with E-state index in [2.05, 4.69) is 5.32 Å². The highest BCUT2D eigenvalue weighted by Gasteiger charge is 2.31. The summed E-state index contributed by atoms with van der Waals surface area (Å²) < 4.78 is 38.4. The molecule has 0 radical (unpaired) electrons. The van der Waals surface area contributed by atoms with Crippen molar-refractivity contribution in [3.8, 4) is 5.75 Å². The number of phenolic OH excluding ortho intramolecular Hbond substituents is 1. The molecule has 150 valence electrons. The summed E-state index contributed by atoms with van der Waals surface area (Å²) in [7, 11) is 0. The number of anilines is 2. The van der Waals surface area contributed by atoms with E-state index in [0.29, 0.717) is 26.2 Å². The Morgan fingerprint density at radius 1 is 1.07 bits per heavy atom. The number of amides is 1. The van der Waals surface area contributed by atoms with E-state index in [4.69, 9.17) is 0 Å². The fourth-order valence-corrected chi connectivity index (χ4v) is 3.27. The lowest BCUT2D eigenvalue weighted by Gasteiger charge is -2.38. The lowest BCUT2D eigenvalue weighted by molar-refractivity contribution is -0.137. The maximum Gasteiger partial charge on any atom is 0.416 e. The largest absolute Gasteiger partial charge is 0.506 e. The Labute approximate surface area is 161 Å². The summed E-state index contributed by atoms with van der Waals surface area (Å²) in [4.78, 5) is 16.5. The molecule has 28 heavy (non-hydrogen) atoms. The van der Waals surface area contributed by atoms with Crippen molar-refractivity contribution in [2.45, 2.75) is 19.1 Å². The smallest absolute Gasteiger partial charge is 0.416 e. The summed E-state index contributed by atoms with van der Waals surface area (Å²) in [6, 6.07) is 11.2. The minimum absolute atomic E-state index is 0.125. The Morgan fingerprint density at radius 3 is 2.39 bits per heavy atom. The predicted octanol–water partition coefficient (Wildman–Crippen LogP) is 3.56. The molecule has 0 saturated carbocycles. The first-order valence-electron chi connectivity index (χ1n) is 9.01. The molecule has 0 bridgehead atoms. The third-order valence-electron chi connectivity index (χ3n) is 4.92. The standard InChI is InChI=1S/C20H22F3N3O2/c1-14(19(28)24-16-6-4-5-15(13-16)20(21,22)23)25-9-11-26(12-10-25)17-7-2-3-8-18(17)27/h2-8,13-14,27H,9-12H2,1H3,(H,24,28). The third kappa shape index (κ3) is 4.56. The van der Waals surface area contributed by atoms with Crippen LogP contribution in [0.2, 0.25) is 0 Å². The molecule has 1 unspecified atom stereocenters. The first-order chi connectivity index (χ1) is 13.3. The van der Waals surface area contributed by atoms with Crippen LogP contribution >= 0.6 is 0 Å². The second-order valence-corrected chi connectivity index (χ2v) is 6.76. The highest BCUT2D eigenvalue weighted by Crippen LogP contribution is 2.31. The van der Waals surface area contributed by atoms with E-state index in [-0.39, 0.29) is 17.3 Å². The summed E-state index contributed by atoms with van der Waals surface area (Å²) in [5.41, 5.74) is 0.0805. The van der Waals surface area contributed by atoms with Crippen molar-refractivity contribution in [1.29, 1.82) is 0 Å². The average molecular weight is 393 g/mol. The monoisotopic (exact) mass is 393 g/mol. The van der Waals surface area contributed by atoms with Crippen LogP contribution in [-0.2, 0) is 11.0 Å².